The molecule has 0 saturated heterocycles. The number of aryl methyl sites for hydroxylation is 1. The summed E-state index contributed by atoms with van der Waals surface area (Å²) in [7, 11) is 1.39. The zero-order valence-corrected chi connectivity index (χ0v) is 11.2. The van der Waals surface area contributed by atoms with Crippen molar-refractivity contribution in [1.82, 2.24) is 0 Å². The molecular formula is C15H15FN2O2. The number of carbonyl (C=O) groups is 1. The smallest absolute Gasteiger partial charge is 0.262 e. The Morgan fingerprint density at radius 2 is 2.05 bits per heavy atom. The van der Waals surface area contributed by atoms with E-state index in [-0.39, 0.29) is 11.3 Å². The molecule has 2 rings (SSSR count). The van der Waals surface area contributed by atoms with E-state index >= 15 is 0 Å². The summed E-state index contributed by atoms with van der Waals surface area (Å²) in [5, 5.41) is 2.65. The first-order valence-corrected chi connectivity index (χ1v) is 6.03. The van der Waals surface area contributed by atoms with Crippen LogP contribution in [0.25, 0.3) is 0 Å². The number of methoxy groups -OCH3 is 1. The van der Waals surface area contributed by atoms with Crippen molar-refractivity contribution >= 4 is 17.3 Å². The SMILES string of the molecule is COc1cccc(F)c1C(=O)Nc1ccc(N)cc1C. The molecule has 0 aromatic heterocycles. The molecule has 0 heterocycles. The average molecular weight is 274 g/mol. The van der Waals surface area contributed by atoms with Crippen LogP contribution in [0.15, 0.2) is 36.4 Å². The van der Waals surface area contributed by atoms with Crippen molar-refractivity contribution in [2.45, 2.75) is 6.92 Å². The maximum atomic E-state index is 13.8. The fourth-order valence-corrected chi connectivity index (χ4v) is 1.91. The van der Waals surface area contributed by atoms with Crippen molar-refractivity contribution in [3.63, 3.8) is 0 Å². The van der Waals surface area contributed by atoms with Crippen molar-refractivity contribution in [2.24, 2.45) is 0 Å². The van der Waals surface area contributed by atoms with Crippen molar-refractivity contribution in [3.05, 3.63) is 53.3 Å². The van der Waals surface area contributed by atoms with E-state index in [9.17, 15) is 9.18 Å². The van der Waals surface area contributed by atoms with Gasteiger partial charge in [-0.3, -0.25) is 4.79 Å². The molecule has 0 aliphatic heterocycles. The summed E-state index contributed by atoms with van der Waals surface area (Å²) < 4.78 is 18.8. The van der Waals surface area contributed by atoms with Gasteiger partial charge in [0.05, 0.1) is 7.11 Å². The first-order valence-electron chi connectivity index (χ1n) is 6.03. The van der Waals surface area contributed by atoms with Crippen molar-refractivity contribution in [3.8, 4) is 5.75 Å². The Morgan fingerprint density at radius 3 is 2.70 bits per heavy atom. The number of amides is 1. The zero-order valence-electron chi connectivity index (χ0n) is 11.2. The molecule has 0 spiro atoms. The number of nitrogen functional groups attached to an aromatic ring is 1. The Morgan fingerprint density at radius 1 is 1.30 bits per heavy atom. The van der Waals surface area contributed by atoms with E-state index in [1.54, 1.807) is 18.2 Å². The number of hydrogen-bond donors (Lipinski definition) is 2. The molecule has 0 atom stereocenters. The quantitative estimate of drug-likeness (QED) is 0.846. The number of nitrogens with one attached hydrogen (secondary N) is 1. The van der Waals surface area contributed by atoms with Crippen LogP contribution in [0.1, 0.15) is 15.9 Å². The minimum Gasteiger partial charge on any atom is -0.496 e. The van der Waals surface area contributed by atoms with Crippen LogP contribution >= 0.6 is 0 Å². The standard InChI is InChI=1S/C15H15FN2O2/c1-9-8-10(17)6-7-12(9)18-15(19)14-11(16)4-3-5-13(14)20-2/h3-8H,17H2,1-2H3,(H,18,19). The van der Waals surface area contributed by atoms with E-state index < -0.39 is 11.7 Å². The van der Waals surface area contributed by atoms with Gasteiger partial charge in [-0.05, 0) is 42.8 Å². The minimum atomic E-state index is -0.630. The van der Waals surface area contributed by atoms with Gasteiger partial charge in [-0.15, -0.1) is 0 Å². The van der Waals surface area contributed by atoms with Crippen LogP contribution in [0, 0.1) is 12.7 Å². The highest BCUT2D eigenvalue weighted by atomic mass is 19.1. The van der Waals surface area contributed by atoms with Crippen LogP contribution < -0.4 is 15.8 Å². The first-order chi connectivity index (χ1) is 9.52. The fraction of sp³-hybridized carbons (Fsp3) is 0.133. The molecule has 2 aromatic rings. The summed E-state index contributed by atoms with van der Waals surface area (Å²) in [6.45, 7) is 1.81. The first kappa shape index (κ1) is 13.9. The molecule has 0 aliphatic rings. The lowest BCUT2D eigenvalue weighted by molar-refractivity contribution is 0.102. The summed E-state index contributed by atoms with van der Waals surface area (Å²) in [6, 6.07) is 9.31. The number of carbonyl (C=O) groups excluding carboxylic acids is 1. The molecule has 0 fully saturated rings. The number of hydrogen-bond acceptors (Lipinski definition) is 3. The predicted molar refractivity (Wildman–Crippen MR) is 76.5 cm³/mol. The van der Waals surface area contributed by atoms with Gasteiger partial charge in [0.25, 0.3) is 5.91 Å². The lowest BCUT2D eigenvalue weighted by Crippen LogP contribution is -2.16. The lowest BCUT2D eigenvalue weighted by Gasteiger charge is -2.12. The number of nitrogens with two attached hydrogens (primary N) is 1. The average Bonchev–Trinajstić information content (AvgIpc) is 2.41. The fourth-order valence-electron chi connectivity index (χ4n) is 1.91. The van der Waals surface area contributed by atoms with Crippen molar-refractivity contribution < 1.29 is 13.9 Å². The van der Waals surface area contributed by atoms with Gasteiger partial charge >= 0.3 is 0 Å². The maximum absolute atomic E-state index is 13.8. The van der Waals surface area contributed by atoms with Crippen molar-refractivity contribution in [1.29, 1.82) is 0 Å². The Hall–Kier alpha value is -2.56. The van der Waals surface area contributed by atoms with E-state index in [0.29, 0.717) is 11.4 Å². The van der Waals surface area contributed by atoms with E-state index in [2.05, 4.69) is 5.32 Å². The second-order valence-electron chi connectivity index (χ2n) is 4.35. The largest absolute Gasteiger partial charge is 0.496 e. The van der Waals surface area contributed by atoms with Crippen LogP contribution in [-0.4, -0.2) is 13.0 Å². The number of anilines is 2. The Kier molecular flexibility index (Phi) is 3.89. The normalized spacial score (nSPS) is 10.2. The molecule has 4 nitrogen and oxygen atoms in total. The monoisotopic (exact) mass is 274 g/mol. The summed E-state index contributed by atoms with van der Waals surface area (Å²) in [5.41, 5.74) is 7.51. The van der Waals surface area contributed by atoms with E-state index in [1.165, 1.54) is 25.3 Å². The molecule has 0 saturated carbocycles. The topological polar surface area (TPSA) is 64.3 Å². The molecule has 0 radical (unpaired) electrons. The van der Waals surface area contributed by atoms with Gasteiger partial charge in [0.1, 0.15) is 17.1 Å². The molecule has 0 bridgehead atoms. The van der Waals surface area contributed by atoms with Gasteiger partial charge in [-0.1, -0.05) is 6.07 Å². The highest BCUT2D eigenvalue weighted by Gasteiger charge is 2.18. The van der Waals surface area contributed by atoms with Crippen LogP contribution in [0.2, 0.25) is 0 Å². The maximum Gasteiger partial charge on any atom is 0.262 e. The zero-order chi connectivity index (χ0) is 14.7. The Labute approximate surface area is 116 Å². The molecular weight excluding hydrogens is 259 g/mol. The third-order valence-electron chi connectivity index (χ3n) is 2.92. The number of rotatable bonds is 3. The number of ether oxygens (including phenoxy) is 1. The highest BCUT2D eigenvalue weighted by Crippen LogP contribution is 2.24. The van der Waals surface area contributed by atoms with Gasteiger partial charge in [0, 0.05) is 11.4 Å². The lowest BCUT2D eigenvalue weighted by atomic mass is 10.1. The van der Waals surface area contributed by atoms with E-state index in [1.807, 2.05) is 6.92 Å². The summed E-state index contributed by atoms with van der Waals surface area (Å²) in [4.78, 5) is 12.2. The predicted octanol–water partition coefficient (Wildman–Crippen LogP) is 2.98. The minimum absolute atomic E-state index is 0.119. The summed E-state index contributed by atoms with van der Waals surface area (Å²) >= 11 is 0. The van der Waals surface area contributed by atoms with Gasteiger partial charge in [0.2, 0.25) is 0 Å². The summed E-state index contributed by atoms with van der Waals surface area (Å²) in [6.07, 6.45) is 0. The third-order valence-corrected chi connectivity index (χ3v) is 2.92. The molecule has 20 heavy (non-hydrogen) atoms. The van der Waals surface area contributed by atoms with Crippen LogP contribution in [0.3, 0.4) is 0 Å². The molecule has 0 aliphatic carbocycles. The van der Waals surface area contributed by atoms with Gasteiger partial charge in [-0.25, -0.2) is 4.39 Å². The molecule has 2 aromatic carbocycles. The Balaban J connectivity index is 2.33. The van der Waals surface area contributed by atoms with Crippen LogP contribution in [0.5, 0.6) is 5.75 Å². The summed E-state index contributed by atoms with van der Waals surface area (Å²) in [5.74, 6) is -1.00. The van der Waals surface area contributed by atoms with Gasteiger partial charge in [-0.2, -0.15) is 0 Å². The van der Waals surface area contributed by atoms with E-state index in [4.69, 9.17) is 10.5 Å². The number of benzene rings is 2. The molecule has 1 amide bonds. The Bertz CT molecular complexity index is 656. The van der Waals surface area contributed by atoms with Gasteiger partial charge in [0.15, 0.2) is 0 Å². The number of halogens is 1. The molecule has 3 N–H and O–H groups in total. The molecule has 104 valence electrons. The highest BCUT2D eigenvalue weighted by molar-refractivity contribution is 6.06. The second kappa shape index (κ2) is 5.61. The van der Waals surface area contributed by atoms with Crippen LogP contribution in [0.4, 0.5) is 15.8 Å². The third kappa shape index (κ3) is 2.71. The molecule has 5 heteroatoms. The van der Waals surface area contributed by atoms with E-state index in [0.717, 1.165) is 5.56 Å². The van der Waals surface area contributed by atoms with Gasteiger partial charge < -0.3 is 15.8 Å². The van der Waals surface area contributed by atoms with Crippen LogP contribution in [-0.2, 0) is 0 Å². The second-order valence-corrected chi connectivity index (χ2v) is 4.35. The molecule has 0 unspecified atom stereocenters. The van der Waals surface area contributed by atoms with Crippen molar-refractivity contribution in [2.75, 3.05) is 18.2 Å².